The molecule has 5 N–H and O–H groups in total. The van der Waals surface area contributed by atoms with Crippen LogP contribution in [-0.4, -0.2) is 55.9 Å². The summed E-state index contributed by atoms with van der Waals surface area (Å²) in [4.78, 5) is 20.9. The molecular formula is C23H27N5O3S. The summed E-state index contributed by atoms with van der Waals surface area (Å²) in [6.45, 7) is 3.84. The second-order valence-electron chi connectivity index (χ2n) is 8.47. The lowest BCUT2D eigenvalue weighted by atomic mass is 10.0. The minimum absolute atomic E-state index is 0.00278. The number of ether oxygens (including phenoxy) is 2. The molecule has 5 rings (SSSR count). The van der Waals surface area contributed by atoms with Crippen molar-refractivity contribution in [1.82, 2.24) is 10.3 Å². The predicted molar refractivity (Wildman–Crippen MR) is 127 cm³/mol. The van der Waals surface area contributed by atoms with Gasteiger partial charge in [-0.1, -0.05) is 6.07 Å². The summed E-state index contributed by atoms with van der Waals surface area (Å²) in [6, 6.07) is 9.88. The van der Waals surface area contributed by atoms with Gasteiger partial charge >= 0.3 is 0 Å². The van der Waals surface area contributed by atoms with Crippen LogP contribution in [0.3, 0.4) is 0 Å². The van der Waals surface area contributed by atoms with E-state index >= 15 is 0 Å². The number of fused-ring (bicyclic) bond motifs is 2. The van der Waals surface area contributed by atoms with Gasteiger partial charge in [-0.25, -0.2) is 4.98 Å². The van der Waals surface area contributed by atoms with Gasteiger partial charge in [-0.05, 0) is 37.1 Å². The normalized spacial score (nSPS) is 22.6. The molecule has 168 valence electrons. The standard InChI is InChI=1S/C23H27N5O3S/c1-12-3-6-16-20(25)21(32-23(16)26-12)22(29)27-14-7-13-4-5-15(8-18(13)31-11-14)28-9-17(24)19(10-28)30-2/h3-6,8,14,17,19H,7,9-11,24-25H2,1-2H3,(H,27,29)/t14?,17-,19-/m1/s1. The highest BCUT2D eigenvalue weighted by Crippen LogP contribution is 2.34. The van der Waals surface area contributed by atoms with E-state index in [4.69, 9.17) is 20.9 Å². The van der Waals surface area contributed by atoms with Crippen molar-refractivity contribution in [3.63, 3.8) is 0 Å². The molecule has 1 fully saturated rings. The first kappa shape index (κ1) is 21.0. The van der Waals surface area contributed by atoms with E-state index < -0.39 is 0 Å². The summed E-state index contributed by atoms with van der Waals surface area (Å²) < 4.78 is 11.5. The second-order valence-corrected chi connectivity index (χ2v) is 9.47. The number of rotatable bonds is 4. The maximum Gasteiger partial charge on any atom is 0.263 e. The number of aromatic nitrogens is 1. The topological polar surface area (TPSA) is 116 Å². The molecule has 9 heteroatoms. The van der Waals surface area contributed by atoms with Crippen LogP contribution in [0.2, 0.25) is 0 Å². The zero-order chi connectivity index (χ0) is 22.4. The molecule has 0 bridgehead atoms. The number of amides is 1. The lowest BCUT2D eigenvalue weighted by molar-refractivity contribution is 0.0920. The van der Waals surface area contributed by atoms with Crippen LogP contribution in [0.4, 0.5) is 11.4 Å². The van der Waals surface area contributed by atoms with Crippen molar-refractivity contribution in [2.75, 3.05) is 37.4 Å². The molecule has 4 heterocycles. The summed E-state index contributed by atoms with van der Waals surface area (Å²) >= 11 is 1.32. The quantitative estimate of drug-likeness (QED) is 0.554. The van der Waals surface area contributed by atoms with Gasteiger partial charge in [-0.3, -0.25) is 4.79 Å². The highest BCUT2D eigenvalue weighted by atomic mass is 32.1. The van der Waals surface area contributed by atoms with E-state index in [0.29, 0.717) is 23.6 Å². The molecule has 1 unspecified atom stereocenters. The second kappa shape index (κ2) is 8.23. The zero-order valence-corrected chi connectivity index (χ0v) is 18.9. The van der Waals surface area contributed by atoms with Gasteiger partial charge in [0.25, 0.3) is 5.91 Å². The minimum Gasteiger partial charge on any atom is -0.491 e. The molecule has 2 aliphatic rings. The monoisotopic (exact) mass is 453 g/mol. The fraction of sp³-hybridized carbons (Fsp3) is 0.391. The highest BCUT2D eigenvalue weighted by Gasteiger charge is 2.31. The van der Waals surface area contributed by atoms with Gasteiger partial charge in [0.05, 0.1) is 23.9 Å². The van der Waals surface area contributed by atoms with Gasteiger partial charge in [0, 0.05) is 43.0 Å². The number of nitrogens with one attached hydrogen (secondary N) is 1. The molecule has 3 atom stereocenters. The minimum atomic E-state index is -0.187. The average Bonchev–Trinajstić information content (AvgIpc) is 3.32. The van der Waals surface area contributed by atoms with E-state index in [9.17, 15) is 4.79 Å². The predicted octanol–water partition coefficient (Wildman–Crippen LogP) is 2.08. The number of anilines is 2. The van der Waals surface area contributed by atoms with Crippen molar-refractivity contribution in [1.29, 1.82) is 0 Å². The lowest BCUT2D eigenvalue weighted by Gasteiger charge is -2.28. The lowest BCUT2D eigenvalue weighted by Crippen LogP contribution is -2.42. The van der Waals surface area contributed by atoms with Crippen molar-refractivity contribution < 1.29 is 14.3 Å². The summed E-state index contributed by atoms with van der Waals surface area (Å²) in [5.41, 5.74) is 15.9. The van der Waals surface area contributed by atoms with Crippen LogP contribution in [0.25, 0.3) is 10.2 Å². The average molecular weight is 454 g/mol. The molecule has 2 aromatic heterocycles. The van der Waals surface area contributed by atoms with Gasteiger partial charge < -0.3 is 31.2 Å². The Kier molecular flexibility index (Phi) is 5.40. The van der Waals surface area contributed by atoms with Crippen LogP contribution in [0.5, 0.6) is 5.75 Å². The van der Waals surface area contributed by atoms with E-state index in [2.05, 4.69) is 33.4 Å². The molecule has 0 radical (unpaired) electrons. The first-order chi connectivity index (χ1) is 15.4. The van der Waals surface area contributed by atoms with Crippen LogP contribution in [0, 0.1) is 6.92 Å². The maximum absolute atomic E-state index is 12.9. The number of benzene rings is 1. The van der Waals surface area contributed by atoms with Crippen LogP contribution < -0.4 is 26.4 Å². The van der Waals surface area contributed by atoms with E-state index in [1.165, 1.54) is 11.3 Å². The Morgan fingerprint density at radius 1 is 1.31 bits per heavy atom. The number of nitrogens with zero attached hydrogens (tertiary/aromatic N) is 2. The van der Waals surface area contributed by atoms with Gasteiger partial charge in [-0.2, -0.15) is 0 Å². The van der Waals surface area contributed by atoms with E-state index in [1.807, 2.05) is 19.1 Å². The van der Waals surface area contributed by atoms with E-state index in [0.717, 1.165) is 46.0 Å². The highest BCUT2D eigenvalue weighted by molar-refractivity contribution is 7.21. The molecule has 3 aromatic rings. The van der Waals surface area contributed by atoms with Gasteiger partial charge in [0.15, 0.2) is 0 Å². The third-order valence-corrected chi connectivity index (χ3v) is 7.32. The summed E-state index contributed by atoms with van der Waals surface area (Å²) in [6.07, 6.45) is 0.732. The summed E-state index contributed by atoms with van der Waals surface area (Å²) in [5, 5.41) is 3.90. The Labute approximate surface area is 190 Å². The third kappa shape index (κ3) is 3.76. The molecule has 0 aliphatic carbocycles. The zero-order valence-electron chi connectivity index (χ0n) is 18.1. The number of pyridine rings is 1. The van der Waals surface area contributed by atoms with Crippen molar-refractivity contribution in [2.24, 2.45) is 5.73 Å². The summed E-state index contributed by atoms with van der Waals surface area (Å²) in [7, 11) is 1.70. The number of hydrogen-bond acceptors (Lipinski definition) is 8. The Hall–Kier alpha value is -2.88. The molecule has 8 nitrogen and oxygen atoms in total. The first-order valence-electron chi connectivity index (χ1n) is 10.7. The molecule has 1 aromatic carbocycles. The molecule has 0 spiro atoms. The van der Waals surface area contributed by atoms with Crippen molar-refractivity contribution in [3.05, 3.63) is 46.5 Å². The van der Waals surface area contributed by atoms with Crippen molar-refractivity contribution in [3.8, 4) is 5.75 Å². The fourth-order valence-electron chi connectivity index (χ4n) is 4.42. The number of nitrogens with two attached hydrogens (primary N) is 2. The number of carbonyl (C=O) groups excluding carboxylic acids is 1. The SMILES string of the molecule is CO[C@@H]1CN(c2ccc3c(c2)OCC(NC(=O)c2sc4nc(C)ccc4c2N)C3)C[C@H]1N. The smallest absolute Gasteiger partial charge is 0.263 e. The van der Waals surface area contributed by atoms with Gasteiger partial charge in [-0.15, -0.1) is 11.3 Å². The van der Waals surface area contributed by atoms with Gasteiger partial charge in [0.1, 0.15) is 22.1 Å². The maximum atomic E-state index is 12.9. The number of thiophene rings is 1. The number of hydrogen-bond donors (Lipinski definition) is 3. The van der Waals surface area contributed by atoms with Gasteiger partial charge in [0.2, 0.25) is 0 Å². The molecule has 2 aliphatic heterocycles. The number of aryl methyl sites for hydroxylation is 1. The largest absolute Gasteiger partial charge is 0.491 e. The Balaban J connectivity index is 1.28. The summed E-state index contributed by atoms with van der Waals surface area (Å²) in [5.74, 6) is 0.664. The molecule has 32 heavy (non-hydrogen) atoms. The van der Waals surface area contributed by atoms with Crippen LogP contribution >= 0.6 is 11.3 Å². The van der Waals surface area contributed by atoms with E-state index in [1.54, 1.807) is 7.11 Å². The fourth-order valence-corrected chi connectivity index (χ4v) is 5.46. The van der Waals surface area contributed by atoms with Crippen LogP contribution in [-0.2, 0) is 11.2 Å². The third-order valence-electron chi connectivity index (χ3n) is 6.21. The molecule has 0 saturated carbocycles. The Bertz CT molecular complexity index is 1180. The number of nitrogen functional groups attached to an aromatic ring is 1. The number of carbonyl (C=O) groups is 1. The van der Waals surface area contributed by atoms with Crippen molar-refractivity contribution in [2.45, 2.75) is 31.5 Å². The molecule has 1 saturated heterocycles. The molecular weight excluding hydrogens is 426 g/mol. The van der Waals surface area contributed by atoms with E-state index in [-0.39, 0.29) is 24.1 Å². The first-order valence-corrected chi connectivity index (χ1v) is 11.5. The van der Waals surface area contributed by atoms with Crippen LogP contribution in [0.15, 0.2) is 30.3 Å². The molecule has 1 amide bonds. The van der Waals surface area contributed by atoms with Crippen molar-refractivity contribution >= 4 is 38.8 Å². The van der Waals surface area contributed by atoms with Crippen LogP contribution in [0.1, 0.15) is 20.9 Å². The Morgan fingerprint density at radius 3 is 2.94 bits per heavy atom. The number of methoxy groups -OCH3 is 1. The Morgan fingerprint density at radius 2 is 2.16 bits per heavy atom.